The van der Waals surface area contributed by atoms with Crippen LogP contribution < -0.4 is 10.6 Å². The maximum absolute atomic E-state index is 10.3. The van der Waals surface area contributed by atoms with Crippen LogP contribution in [0.1, 0.15) is 49.2 Å². The molecule has 2 unspecified atom stereocenters. The second-order valence-corrected chi connectivity index (χ2v) is 7.72. The molecule has 154 valence electrons. The van der Waals surface area contributed by atoms with Gasteiger partial charge in [0.25, 0.3) is 0 Å². The van der Waals surface area contributed by atoms with Crippen molar-refractivity contribution in [2.45, 2.75) is 51.3 Å². The summed E-state index contributed by atoms with van der Waals surface area (Å²) in [5, 5.41) is 22.4. The van der Waals surface area contributed by atoms with Gasteiger partial charge >= 0.3 is 0 Å². The third kappa shape index (κ3) is 5.84. The summed E-state index contributed by atoms with van der Waals surface area (Å²) in [6.45, 7) is 4.67. The number of aliphatic hydroxyl groups is 1. The minimum Gasteiger partial charge on any atom is -0.387 e. The fourth-order valence-electron chi connectivity index (χ4n) is 3.28. The number of aromatic nitrogens is 2. The molecule has 0 fully saturated rings. The Kier molecular flexibility index (Phi) is 8.57. The molecule has 1 aliphatic rings. The van der Waals surface area contributed by atoms with Crippen LogP contribution in [-0.2, 0) is 12.8 Å². The summed E-state index contributed by atoms with van der Waals surface area (Å²) in [5.74, 6) is 0.694. The van der Waals surface area contributed by atoms with E-state index in [2.05, 4.69) is 35.7 Å². The molecule has 2 aromatic rings. The number of aliphatic hydroxyl groups excluding tert-OH is 1. The molecule has 0 aliphatic heterocycles. The molecule has 0 amide bonds. The average Bonchev–Trinajstić information content (AvgIpc) is 3.09. The molecule has 1 heterocycles. The number of nitrogens with zero attached hydrogens (tertiary/aromatic N) is 3. The Morgan fingerprint density at radius 3 is 2.71 bits per heavy atom. The quantitative estimate of drug-likeness (QED) is 0.322. The van der Waals surface area contributed by atoms with Crippen LogP contribution in [0.15, 0.2) is 35.5 Å². The molecule has 1 aromatic heterocycles. The molecule has 28 heavy (non-hydrogen) atoms. The van der Waals surface area contributed by atoms with E-state index in [0.717, 1.165) is 24.8 Å². The number of benzene rings is 1. The maximum atomic E-state index is 10.3. The Labute approximate surface area is 188 Å². The highest BCUT2D eigenvalue weighted by atomic mass is 127. The predicted molar refractivity (Wildman–Crippen MR) is 125 cm³/mol. The van der Waals surface area contributed by atoms with Crippen LogP contribution in [-0.4, -0.2) is 40.5 Å². The topological polar surface area (TPSA) is 74.5 Å². The van der Waals surface area contributed by atoms with Gasteiger partial charge in [0.05, 0.1) is 11.8 Å². The first-order valence-electron chi connectivity index (χ1n) is 9.44. The van der Waals surface area contributed by atoms with Crippen molar-refractivity contribution in [1.82, 2.24) is 20.4 Å². The molecule has 0 saturated heterocycles. The van der Waals surface area contributed by atoms with Crippen molar-refractivity contribution in [3.63, 3.8) is 0 Å². The van der Waals surface area contributed by atoms with Crippen LogP contribution in [0.5, 0.6) is 0 Å². The van der Waals surface area contributed by atoms with Crippen LogP contribution in [0.4, 0.5) is 0 Å². The van der Waals surface area contributed by atoms with Gasteiger partial charge in [0.15, 0.2) is 5.96 Å². The molecule has 3 N–H and O–H groups in total. The first kappa shape index (κ1) is 23.0. The summed E-state index contributed by atoms with van der Waals surface area (Å²) in [5.41, 5.74) is 3.34. The van der Waals surface area contributed by atoms with Crippen molar-refractivity contribution in [2.75, 3.05) is 13.6 Å². The summed E-state index contributed by atoms with van der Waals surface area (Å²) >= 11 is 5.90. The monoisotopic (exact) mass is 517 g/mol. The van der Waals surface area contributed by atoms with Crippen LogP contribution >= 0.6 is 35.6 Å². The highest BCUT2D eigenvalue weighted by Crippen LogP contribution is 2.22. The second kappa shape index (κ2) is 10.5. The van der Waals surface area contributed by atoms with Crippen molar-refractivity contribution in [2.24, 2.45) is 4.99 Å². The molecule has 6 nitrogen and oxygen atoms in total. The van der Waals surface area contributed by atoms with Gasteiger partial charge in [-0.25, -0.2) is 0 Å². The molecule has 0 saturated carbocycles. The van der Waals surface area contributed by atoms with E-state index < -0.39 is 6.10 Å². The number of fused-ring (bicyclic) bond motifs is 1. The normalized spacial score (nSPS) is 17.6. The predicted octanol–water partition coefficient (Wildman–Crippen LogP) is 3.49. The zero-order valence-electron chi connectivity index (χ0n) is 16.5. The Balaban J connectivity index is 0.00000280. The lowest BCUT2D eigenvalue weighted by Crippen LogP contribution is -2.46. The van der Waals surface area contributed by atoms with E-state index in [-0.39, 0.29) is 30.0 Å². The minimum absolute atomic E-state index is 0. The van der Waals surface area contributed by atoms with E-state index in [4.69, 9.17) is 16.7 Å². The highest BCUT2D eigenvalue weighted by Gasteiger charge is 2.23. The Morgan fingerprint density at radius 2 is 2.07 bits per heavy atom. The van der Waals surface area contributed by atoms with Crippen molar-refractivity contribution in [1.29, 1.82) is 0 Å². The van der Waals surface area contributed by atoms with Gasteiger partial charge < -0.3 is 15.7 Å². The average molecular weight is 518 g/mol. The number of hydrogen-bond acceptors (Lipinski definition) is 3. The zero-order chi connectivity index (χ0) is 19.4. The van der Waals surface area contributed by atoms with Crippen LogP contribution in [0.2, 0.25) is 5.02 Å². The van der Waals surface area contributed by atoms with Crippen LogP contribution in [0.25, 0.3) is 0 Å². The Hall–Kier alpha value is -1.32. The third-order valence-corrected chi connectivity index (χ3v) is 5.16. The lowest BCUT2D eigenvalue weighted by atomic mass is 9.94. The summed E-state index contributed by atoms with van der Waals surface area (Å²) in [6, 6.07) is 7.89. The van der Waals surface area contributed by atoms with Crippen LogP contribution in [0.3, 0.4) is 0 Å². The number of hydrogen-bond donors (Lipinski definition) is 3. The Bertz CT molecular complexity index is 790. The van der Waals surface area contributed by atoms with Gasteiger partial charge in [-0.05, 0) is 49.9 Å². The van der Waals surface area contributed by atoms with E-state index in [1.165, 1.54) is 11.3 Å². The van der Waals surface area contributed by atoms with Gasteiger partial charge in [-0.2, -0.15) is 5.10 Å². The summed E-state index contributed by atoms with van der Waals surface area (Å²) in [4.78, 5) is 4.29. The largest absolute Gasteiger partial charge is 0.387 e. The number of aliphatic imine (C=N–C) groups is 1. The molecule has 3 rings (SSSR count). The molecule has 8 heteroatoms. The van der Waals surface area contributed by atoms with Gasteiger partial charge in [-0.1, -0.05) is 23.7 Å². The summed E-state index contributed by atoms with van der Waals surface area (Å²) in [6.07, 6.45) is 4.49. The molecular formula is C20H29ClIN5O. The first-order chi connectivity index (χ1) is 13.0. The number of guanidine groups is 1. The second-order valence-electron chi connectivity index (χ2n) is 7.28. The smallest absolute Gasteiger partial charge is 0.191 e. The van der Waals surface area contributed by atoms with E-state index in [9.17, 15) is 5.11 Å². The third-order valence-electron chi connectivity index (χ3n) is 4.91. The fraction of sp³-hybridized carbons (Fsp3) is 0.500. The maximum Gasteiger partial charge on any atom is 0.191 e. The molecule has 0 spiro atoms. The fourth-order valence-corrected chi connectivity index (χ4v) is 3.41. The first-order valence-corrected chi connectivity index (χ1v) is 9.81. The number of halogens is 2. The van der Waals surface area contributed by atoms with Crippen molar-refractivity contribution in [3.8, 4) is 0 Å². The lowest BCUT2D eigenvalue weighted by molar-refractivity contribution is 0.180. The minimum atomic E-state index is -0.625. The molecule has 1 aromatic carbocycles. The number of nitrogens with one attached hydrogen (secondary N) is 2. The molecule has 1 aliphatic carbocycles. The van der Waals surface area contributed by atoms with Gasteiger partial charge in [0.2, 0.25) is 0 Å². The standard InChI is InChI=1S/C20H28ClN5O.HI/c1-13(2)26-12-15-6-9-17(10-18(15)25-26)24-20(22-3)23-11-19(27)14-4-7-16(21)8-5-14;/h4-5,7-8,12-13,17,19,27H,6,9-11H2,1-3H3,(H2,22,23,24);1H. The molecule has 2 atom stereocenters. The van der Waals surface area contributed by atoms with Gasteiger partial charge in [0.1, 0.15) is 0 Å². The van der Waals surface area contributed by atoms with Crippen LogP contribution in [0, 0.1) is 0 Å². The zero-order valence-corrected chi connectivity index (χ0v) is 19.6. The highest BCUT2D eigenvalue weighted by molar-refractivity contribution is 14.0. The molecular weight excluding hydrogens is 489 g/mol. The van der Waals surface area contributed by atoms with Crippen molar-refractivity contribution < 1.29 is 5.11 Å². The van der Waals surface area contributed by atoms with Crippen molar-refractivity contribution >= 4 is 41.5 Å². The molecule has 0 bridgehead atoms. The SMILES string of the molecule is CN=C(NCC(O)c1ccc(Cl)cc1)NC1CCc2cn(C(C)C)nc2C1.I. The van der Waals surface area contributed by atoms with E-state index in [1.807, 2.05) is 16.8 Å². The summed E-state index contributed by atoms with van der Waals surface area (Å²) in [7, 11) is 1.74. The van der Waals surface area contributed by atoms with E-state index in [1.54, 1.807) is 19.2 Å². The van der Waals surface area contributed by atoms with Gasteiger partial charge in [0, 0.05) is 43.3 Å². The molecule has 0 radical (unpaired) electrons. The van der Waals surface area contributed by atoms with E-state index >= 15 is 0 Å². The van der Waals surface area contributed by atoms with Gasteiger partial charge in [-0.3, -0.25) is 9.67 Å². The Morgan fingerprint density at radius 1 is 1.36 bits per heavy atom. The van der Waals surface area contributed by atoms with Gasteiger partial charge in [-0.15, -0.1) is 24.0 Å². The van der Waals surface area contributed by atoms with Crippen molar-refractivity contribution in [3.05, 3.63) is 52.3 Å². The number of aryl methyl sites for hydroxylation is 1. The summed E-state index contributed by atoms with van der Waals surface area (Å²) < 4.78 is 2.04. The number of rotatable bonds is 5. The van der Waals surface area contributed by atoms with E-state index in [0.29, 0.717) is 23.6 Å². The lowest BCUT2D eigenvalue weighted by Gasteiger charge is -2.25.